The van der Waals surface area contributed by atoms with Crippen LogP contribution < -0.4 is 10.6 Å². The summed E-state index contributed by atoms with van der Waals surface area (Å²) in [5.74, 6) is -0.00994. The summed E-state index contributed by atoms with van der Waals surface area (Å²) in [6, 6.07) is 9.86. The van der Waals surface area contributed by atoms with Crippen LogP contribution in [0.5, 0.6) is 0 Å². The number of carbonyl (C=O) groups is 1. The van der Waals surface area contributed by atoms with Crippen molar-refractivity contribution in [2.75, 3.05) is 19.7 Å². The highest BCUT2D eigenvalue weighted by atomic mass is 35.5. The quantitative estimate of drug-likeness (QED) is 0.659. The first-order chi connectivity index (χ1) is 10.3. The first-order valence-electron chi connectivity index (χ1n) is 7.55. The van der Waals surface area contributed by atoms with Gasteiger partial charge >= 0.3 is 0 Å². The number of ether oxygens (including phenoxy) is 1. The second-order valence-electron chi connectivity index (χ2n) is 5.38. The Bertz CT molecular complexity index is 431. The molecule has 0 saturated carbocycles. The van der Waals surface area contributed by atoms with Gasteiger partial charge in [-0.3, -0.25) is 4.79 Å². The standard InChI is InChI=1S/C16H24N2O3.ClH/c19-15-11-17-9-8-14(15)18-16(20)7-4-10-21-12-13-5-2-1-3-6-13;/h1-3,5-6,14-15,17,19H,4,7-12H2,(H,18,20);1H/t14-,15-;/m1./s1. The number of β-amino-alcohol motifs (C(OH)–C–C–N with tert-alkyl or cyclic N) is 1. The molecule has 1 fully saturated rings. The number of aliphatic hydroxyl groups is 1. The molecule has 1 aromatic rings. The fraction of sp³-hybridized carbons (Fsp3) is 0.562. The van der Waals surface area contributed by atoms with Gasteiger partial charge in [-0.15, -0.1) is 12.4 Å². The Kier molecular flexibility index (Phi) is 9.08. The predicted octanol–water partition coefficient (Wildman–Crippen LogP) is 1.24. The topological polar surface area (TPSA) is 70.6 Å². The van der Waals surface area contributed by atoms with Crippen molar-refractivity contribution in [1.82, 2.24) is 10.6 Å². The molecule has 1 saturated heterocycles. The number of hydrogen-bond donors (Lipinski definition) is 3. The summed E-state index contributed by atoms with van der Waals surface area (Å²) in [4.78, 5) is 11.8. The van der Waals surface area contributed by atoms with Crippen LogP contribution >= 0.6 is 12.4 Å². The van der Waals surface area contributed by atoms with Crippen LogP contribution in [0, 0.1) is 0 Å². The molecular formula is C16H25ClN2O3. The van der Waals surface area contributed by atoms with Crippen molar-refractivity contribution in [3.05, 3.63) is 35.9 Å². The third-order valence-electron chi connectivity index (χ3n) is 3.60. The van der Waals surface area contributed by atoms with E-state index < -0.39 is 6.10 Å². The second kappa shape index (κ2) is 10.6. The van der Waals surface area contributed by atoms with Gasteiger partial charge in [0.15, 0.2) is 0 Å². The monoisotopic (exact) mass is 328 g/mol. The van der Waals surface area contributed by atoms with Gasteiger partial charge in [-0.2, -0.15) is 0 Å². The van der Waals surface area contributed by atoms with E-state index in [0.29, 0.717) is 32.6 Å². The number of rotatable bonds is 7. The molecule has 0 bridgehead atoms. The molecule has 1 aromatic carbocycles. The summed E-state index contributed by atoms with van der Waals surface area (Å²) in [7, 11) is 0. The van der Waals surface area contributed by atoms with E-state index >= 15 is 0 Å². The van der Waals surface area contributed by atoms with Crippen molar-refractivity contribution < 1.29 is 14.6 Å². The number of carbonyl (C=O) groups excluding carboxylic acids is 1. The van der Waals surface area contributed by atoms with E-state index in [1.807, 2.05) is 30.3 Å². The van der Waals surface area contributed by atoms with E-state index in [4.69, 9.17) is 4.74 Å². The normalized spacial score (nSPS) is 21.0. The maximum Gasteiger partial charge on any atom is 0.220 e. The molecular weight excluding hydrogens is 304 g/mol. The van der Waals surface area contributed by atoms with Gasteiger partial charge in [-0.1, -0.05) is 30.3 Å². The molecule has 1 amide bonds. The van der Waals surface area contributed by atoms with Crippen molar-refractivity contribution in [3.63, 3.8) is 0 Å². The molecule has 0 spiro atoms. The maximum atomic E-state index is 11.8. The lowest BCUT2D eigenvalue weighted by Crippen LogP contribution is -2.52. The van der Waals surface area contributed by atoms with Gasteiger partial charge in [0.2, 0.25) is 5.91 Å². The van der Waals surface area contributed by atoms with Gasteiger partial charge in [-0.05, 0) is 24.9 Å². The highest BCUT2D eigenvalue weighted by molar-refractivity contribution is 5.85. The van der Waals surface area contributed by atoms with E-state index in [2.05, 4.69) is 10.6 Å². The highest BCUT2D eigenvalue weighted by Crippen LogP contribution is 2.05. The molecule has 0 unspecified atom stereocenters. The predicted molar refractivity (Wildman–Crippen MR) is 88.0 cm³/mol. The molecule has 0 aliphatic carbocycles. The zero-order chi connectivity index (χ0) is 14.9. The van der Waals surface area contributed by atoms with E-state index in [0.717, 1.165) is 18.5 Å². The SMILES string of the molecule is Cl.O=C(CCCOCc1ccccc1)N[C@@H]1CCNC[C@H]1O. The third-order valence-corrected chi connectivity index (χ3v) is 3.60. The van der Waals surface area contributed by atoms with Gasteiger partial charge in [0.1, 0.15) is 0 Å². The number of halogens is 1. The van der Waals surface area contributed by atoms with Crippen LogP contribution in [0.1, 0.15) is 24.8 Å². The molecule has 6 heteroatoms. The second-order valence-corrected chi connectivity index (χ2v) is 5.38. The number of amides is 1. The number of nitrogens with one attached hydrogen (secondary N) is 2. The highest BCUT2D eigenvalue weighted by Gasteiger charge is 2.23. The van der Waals surface area contributed by atoms with Crippen molar-refractivity contribution in [2.24, 2.45) is 0 Å². The summed E-state index contributed by atoms with van der Waals surface area (Å²) in [6.07, 6.45) is 1.42. The molecule has 1 aliphatic rings. The van der Waals surface area contributed by atoms with Gasteiger partial charge < -0.3 is 20.5 Å². The van der Waals surface area contributed by atoms with Crippen molar-refractivity contribution in [3.8, 4) is 0 Å². The average molecular weight is 329 g/mol. The smallest absolute Gasteiger partial charge is 0.220 e. The Morgan fingerprint density at radius 2 is 2.14 bits per heavy atom. The van der Waals surface area contributed by atoms with Crippen LogP contribution in [0.4, 0.5) is 0 Å². The number of benzene rings is 1. The lowest BCUT2D eigenvalue weighted by Gasteiger charge is -2.29. The van der Waals surface area contributed by atoms with Gasteiger partial charge in [0.25, 0.3) is 0 Å². The molecule has 0 radical (unpaired) electrons. The Morgan fingerprint density at radius 1 is 1.36 bits per heavy atom. The van der Waals surface area contributed by atoms with Gasteiger partial charge in [0, 0.05) is 19.6 Å². The number of aliphatic hydroxyl groups excluding tert-OH is 1. The fourth-order valence-electron chi connectivity index (χ4n) is 2.39. The molecule has 5 nitrogen and oxygen atoms in total. The van der Waals surface area contributed by atoms with E-state index in [1.165, 1.54) is 0 Å². The molecule has 22 heavy (non-hydrogen) atoms. The lowest BCUT2D eigenvalue weighted by atomic mass is 10.0. The van der Waals surface area contributed by atoms with Crippen LogP contribution in [-0.2, 0) is 16.1 Å². The third kappa shape index (κ3) is 6.75. The van der Waals surface area contributed by atoms with E-state index in [1.54, 1.807) is 0 Å². The van der Waals surface area contributed by atoms with Crippen molar-refractivity contribution >= 4 is 18.3 Å². The first kappa shape index (κ1) is 18.9. The molecule has 1 heterocycles. The van der Waals surface area contributed by atoms with Crippen molar-refractivity contribution in [1.29, 1.82) is 0 Å². The van der Waals surface area contributed by atoms with Crippen LogP contribution in [0.15, 0.2) is 30.3 Å². The molecule has 0 aromatic heterocycles. The first-order valence-corrected chi connectivity index (χ1v) is 7.55. The molecule has 3 N–H and O–H groups in total. The van der Waals surface area contributed by atoms with E-state index in [-0.39, 0.29) is 24.4 Å². The minimum absolute atomic E-state index is 0. The zero-order valence-corrected chi connectivity index (χ0v) is 13.5. The lowest BCUT2D eigenvalue weighted by molar-refractivity contribution is -0.123. The molecule has 2 atom stereocenters. The maximum absolute atomic E-state index is 11.8. The van der Waals surface area contributed by atoms with Crippen LogP contribution in [0.2, 0.25) is 0 Å². The molecule has 1 aliphatic heterocycles. The molecule has 124 valence electrons. The van der Waals surface area contributed by atoms with Crippen LogP contribution in [0.25, 0.3) is 0 Å². The Balaban J connectivity index is 0.00000242. The summed E-state index contributed by atoms with van der Waals surface area (Å²) in [5, 5.41) is 15.7. The summed E-state index contributed by atoms with van der Waals surface area (Å²) < 4.78 is 5.54. The average Bonchev–Trinajstić information content (AvgIpc) is 2.50. The Hall–Kier alpha value is -1.14. The van der Waals surface area contributed by atoms with Gasteiger partial charge in [-0.25, -0.2) is 0 Å². The van der Waals surface area contributed by atoms with E-state index in [9.17, 15) is 9.90 Å². The summed E-state index contributed by atoms with van der Waals surface area (Å²) >= 11 is 0. The number of piperidine rings is 1. The van der Waals surface area contributed by atoms with Crippen LogP contribution in [-0.4, -0.2) is 42.9 Å². The Morgan fingerprint density at radius 3 is 2.86 bits per heavy atom. The summed E-state index contributed by atoms with van der Waals surface area (Å²) in [5.41, 5.74) is 1.14. The Labute approximate surface area is 137 Å². The summed E-state index contributed by atoms with van der Waals surface area (Å²) in [6.45, 7) is 2.53. The van der Waals surface area contributed by atoms with Crippen molar-refractivity contribution in [2.45, 2.75) is 38.0 Å². The van der Waals surface area contributed by atoms with Gasteiger partial charge in [0.05, 0.1) is 18.8 Å². The van der Waals surface area contributed by atoms with Crippen LogP contribution in [0.3, 0.4) is 0 Å². The minimum atomic E-state index is -0.489. The fourth-order valence-corrected chi connectivity index (χ4v) is 2.39. The minimum Gasteiger partial charge on any atom is -0.390 e. The largest absolute Gasteiger partial charge is 0.390 e. The number of hydrogen-bond acceptors (Lipinski definition) is 4. The molecule has 2 rings (SSSR count). The zero-order valence-electron chi connectivity index (χ0n) is 12.7.